The molecule has 0 aliphatic carbocycles. The fraction of sp³-hybridized carbons (Fsp3) is 0.261. The highest BCUT2D eigenvalue weighted by Crippen LogP contribution is 2.26. The van der Waals surface area contributed by atoms with Crippen molar-refractivity contribution >= 4 is 23.5 Å². The van der Waals surface area contributed by atoms with Crippen LogP contribution in [0.3, 0.4) is 0 Å². The molecule has 1 aromatic carbocycles. The molecule has 0 bridgehead atoms. The van der Waals surface area contributed by atoms with Gasteiger partial charge in [0.05, 0.1) is 30.3 Å². The molecule has 0 spiro atoms. The largest absolute Gasteiger partial charge is 0.376 e. The number of anilines is 1. The van der Waals surface area contributed by atoms with Gasteiger partial charge in [-0.25, -0.2) is 0 Å². The third kappa shape index (κ3) is 3.90. The van der Waals surface area contributed by atoms with E-state index in [0.29, 0.717) is 24.5 Å². The lowest BCUT2D eigenvalue weighted by Crippen LogP contribution is -2.36. The lowest BCUT2D eigenvalue weighted by atomic mass is 10.1. The summed E-state index contributed by atoms with van der Waals surface area (Å²) in [7, 11) is 0. The minimum atomic E-state index is -0.405. The van der Waals surface area contributed by atoms with E-state index in [9.17, 15) is 14.4 Å². The second-order valence-electron chi connectivity index (χ2n) is 7.83. The summed E-state index contributed by atoms with van der Waals surface area (Å²) in [4.78, 5) is 43.5. The predicted octanol–water partition coefficient (Wildman–Crippen LogP) is 2.35. The number of pyridine rings is 1. The van der Waals surface area contributed by atoms with Crippen LogP contribution in [0.2, 0.25) is 0 Å². The molecule has 1 N–H and O–H groups in total. The number of hydrogen-bond donors (Lipinski definition) is 1. The van der Waals surface area contributed by atoms with Crippen molar-refractivity contribution in [3.05, 3.63) is 77.2 Å². The summed E-state index contributed by atoms with van der Waals surface area (Å²) >= 11 is 0. The van der Waals surface area contributed by atoms with Crippen LogP contribution in [0.25, 0.3) is 0 Å². The number of rotatable bonds is 6. The zero-order valence-corrected chi connectivity index (χ0v) is 17.2. The molecule has 2 aliphatic heterocycles. The normalized spacial score (nSPS) is 17.6. The predicted molar refractivity (Wildman–Crippen MR) is 114 cm³/mol. The van der Waals surface area contributed by atoms with E-state index < -0.39 is 11.8 Å². The molecule has 1 saturated heterocycles. The minimum absolute atomic E-state index is 0.123. The fourth-order valence-corrected chi connectivity index (χ4v) is 3.97. The highest BCUT2D eigenvalue weighted by Gasteiger charge is 2.38. The van der Waals surface area contributed by atoms with Crippen LogP contribution in [0.4, 0.5) is 5.82 Å². The van der Waals surface area contributed by atoms with E-state index in [-0.39, 0.29) is 29.7 Å². The quantitative estimate of drug-likeness (QED) is 0.601. The van der Waals surface area contributed by atoms with Gasteiger partial charge in [-0.05, 0) is 42.7 Å². The zero-order chi connectivity index (χ0) is 22.1. The lowest BCUT2D eigenvalue weighted by molar-refractivity contribution is 0.0475. The van der Waals surface area contributed by atoms with Crippen LogP contribution in [0.15, 0.2) is 55.0 Å². The Morgan fingerprint density at radius 1 is 1.16 bits per heavy atom. The SMILES string of the molecule is O=C(Nc1ccn(Cc2cccnc2)n1)c1ccc2c(c1)C(=O)N(CC1CCCO1)C2=O. The fourth-order valence-electron chi connectivity index (χ4n) is 3.97. The number of amides is 3. The van der Waals surface area contributed by atoms with Crippen LogP contribution in [-0.2, 0) is 11.3 Å². The molecule has 4 heterocycles. The highest BCUT2D eigenvalue weighted by atomic mass is 16.5. The van der Waals surface area contributed by atoms with Crippen molar-refractivity contribution in [2.45, 2.75) is 25.5 Å². The Labute approximate surface area is 184 Å². The van der Waals surface area contributed by atoms with Gasteiger partial charge < -0.3 is 10.1 Å². The second kappa shape index (κ2) is 8.35. The molecule has 1 atom stereocenters. The molecule has 2 aliphatic rings. The molecule has 5 rings (SSSR count). The smallest absolute Gasteiger partial charge is 0.261 e. The molecule has 3 aromatic rings. The van der Waals surface area contributed by atoms with Crippen LogP contribution in [0.1, 0.15) is 49.5 Å². The average molecular weight is 431 g/mol. The van der Waals surface area contributed by atoms with Crippen molar-refractivity contribution in [3.63, 3.8) is 0 Å². The Kier molecular flexibility index (Phi) is 5.24. The number of carbonyl (C=O) groups excluding carboxylic acids is 3. The molecule has 9 heteroatoms. The van der Waals surface area contributed by atoms with Crippen molar-refractivity contribution in [2.24, 2.45) is 0 Å². The Hall–Kier alpha value is -3.85. The standard InChI is InChI=1S/C23H21N5O4/c29-21(25-20-7-9-27(26-20)13-15-3-1-8-24-12-15)16-5-6-18-19(11-16)23(31)28(22(18)30)14-17-4-2-10-32-17/h1,3,5-9,11-12,17H,2,4,10,13-14H2,(H,25,26,29). The summed E-state index contributed by atoms with van der Waals surface area (Å²) in [5.41, 5.74) is 1.82. The van der Waals surface area contributed by atoms with Gasteiger partial charge in [0, 0.05) is 36.8 Å². The molecule has 1 fully saturated rings. The molecule has 0 saturated carbocycles. The summed E-state index contributed by atoms with van der Waals surface area (Å²) in [6.45, 7) is 1.41. The van der Waals surface area contributed by atoms with Gasteiger partial charge in [0.1, 0.15) is 0 Å². The number of nitrogens with zero attached hydrogens (tertiary/aromatic N) is 4. The number of imide groups is 1. The summed E-state index contributed by atoms with van der Waals surface area (Å²) in [6, 6.07) is 10.0. The van der Waals surface area contributed by atoms with E-state index in [1.165, 1.54) is 17.0 Å². The summed E-state index contributed by atoms with van der Waals surface area (Å²) in [6.07, 6.45) is 6.85. The Bertz CT molecular complexity index is 1180. The van der Waals surface area contributed by atoms with Crippen molar-refractivity contribution < 1.29 is 19.1 Å². The van der Waals surface area contributed by atoms with Crippen LogP contribution in [-0.4, -0.2) is 56.6 Å². The molecule has 0 radical (unpaired) electrons. The first-order valence-electron chi connectivity index (χ1n) is 10.4. The van der Waals surface area contributed by atoms with E-state index in [1.807, 2.05) is 12.1 Å². The van der Waals surface area contributed by atoms with E-state index in [0.717, 1.165) is 18.4 Å². The highest BCUT2D eigenvalue weighted by molar-refractivity contribution is 6.22. The molecular formula is C23H21N5O4. The minimum Gasteiger partial charge on any atom is -0.376 e. The van der Waals surface area contributed by atoms with Crippen molar-refractivity contribution in [1.82, 2.24) is 19.7 Å². The van der Waals surface area contributed by atoms with Gasteiger partial charge in [-0.2, -0.15) is 5.10 Å². The number of ether oxygens (including phenoxy) is 1. The summed E-state index contributed by atoms with van der Waals surface area (Å²) in [5, 5.41) is 7.09. The molecule has 3 amide bonds. The van der Waals surface area contributed by atoms with Gasteiger partial charge in [0.15, 0.2) is 5.82 Å². The van der Waals surface area contributed by atoms with Crippen LogP contribution >= 0.6 is 0 Å². The van der Waals surface area contributed by atoms with Crippen molar-refractivity contribution in [2.75, 3.05) is 18.5 Å². The maximum Gasteiger partial charge on any atom is 0.261 e. The van der Waals surface area contributed by atoms with Gasteiger partial charge in [0.25, 0.3) is 17.7 Å². The van der Waals surface area contributed by atoms with E-state index in [4.69, 9.17) is 4.74 Å². The average Bonchev–Trinajstić information content (AvgIpc) is 3.53. The van der Waals surface area contributed by atoms with Gasteiger partial charge in [0.2, 0.25) is 0 Å². The van der Waals surface area contributed by atoms with E-state index >= 15 is 0 Å². The lowest BCUT2D eigenvalue weighted by Gasteiger charge is -2.17. The maximum atomic E-state index is 12.8. The van der Waals surface area contributed by atoms with Crippen LogP contribution in [0, 0.1) is 0 Å². The molecule has 1 unspecified atom stereocenters. The number of aromatic nitrogens is 3. The van der Waals surface area contributed by atoms with Gasteiger partial charge in [-0.1, -0.05) is 6.07 Å². The van der Waals surface area contributed by atoms with Gasteiger partial charge >= 0.3 is 0 Å². The molecule has 32 heavy (non-hydrogen) atoms. The first kappa shape index (κ1) is 20.1. The van der Waals surface area contributed by atoms with E-state index in [2.05, 4.69) is 15.4 Å². The zero-order valence-electron chi connectivity index (χ0n) is 17.2. The maximum absolute atomic E-state index is 12.8. The van der Waals surface area contributed by atoms with Crippen molar-refractivity contribution in [3.8, 4) is 0 Å². The van der Waals surface area contributed by atoms with Gasteiger partial charge in [-0.3, -0.25) is 28.9 Å². The first-order valence-corrected chi connectivity index (χ1v) is 10.4. The Balaban J connectivity index is 1.28. The number of fused-ring (bicyclic) bond motifs is 1. The van der Waals surface area contributed by atoms with Gasteiger partial charge in [-0.15, -0.1) is 0 Å². The first-order chi connectivity index (χ1) is 15.6. The van der Waals surface area contributed by atoms with E-state index in [1.54, 1.807) is 35.4 Å². The summed E-state index contributed by atoms with van der Waals surface area (Å²) < 4.78 is 7.25. The van der Waals surface area contributed by atoms with Crippen LogP contribution in [0.5, 0.6) is 0 Å². The Morgan fingerprint density at radius 2 is 2.03 bits per heavy atom. The third-order valence-corrected chi connectivity index (χ3v) is 5.59. The monoisotopic (exact) mass is 431 g/mol. The third-order valence-electron chi connectivity index (χ3n) is 5.59. The Morgan fingerprint density at radius 3 is 2.81 bits per heavy atom. The molecule has 2 aromatic heterocycles. The number of hydrogen-bond acceptors (Lipinski definition) is 6. The molecular weight excluding hydrogens is 410 g/mol. The number of carbonyl (C=O) groups is 3. The molecule has 9 nitrogen and oxygen atoms in total. The number of nitrogens with one attached hydrogen (secondary N) is 1. The van der Waals surface area contributed by atoms with Crippen molar-refractivity contribution in [1.29, 1.82) is 0 Å². The van der Waals surface area contributed by atoms with Crippen LogP contribution < -0.4 is 5.32 Å². The molecule has 162 valence electrons. The second-order valence-corrected chi connectivity index (χ2v) is 7.83. The number of benzene rings is 1. The topological polar surface area (TPSA) is 106 Å². The summed E-state index contributed by atoms with van der Waals surface area (Å²) in [5.74, 6) is -0.753.